The smallest absolute Gasteiger partial charge is 0.212 e. The van der Waals surface area contributed by atoms with Crippen molar-refractivity contribution in [1.29, 1.82) is 0 Å². The van der Waals surface area contributed by atoms with Crippen LogP contribution in [0.25, 0.3) is 0 Å². The van der Waals surface area contributed by atoms with Gasteiger partial charge in [0.2, 0.25) is 10.0 Å². The lowest BCUT2D eigenvalue weighted by Gasteiger charge is -2.29. The van der Waals surface area contributed by atoms with Gasteiger partial charge in [-0.2, -0.15) is 0 Å². The van der Waals surface area contributed by atoms with Crippen molar-refractivity contribution in [3.8, 4) is 0 Å². The molecule has 0 saturated heterocycles. The number of benzene rings is 1. The molecule has 0 amide bonds. The lowest BCUT2D eigenvalue weighted by atomic mass is 9.82. The predicted octanol–water partition coefficient (Wildman–Crippen LogP) is 2.24. The van der Waals surface area contributed by atoms with Crippen LogP contribution in [0, 0.1) is 0 Å². The Hall–Kier alpha value is -0.910. The summed E-state index contributed by atoms with van der Waals surface area (Å²) < 4.78 is 25.6. The van der Waals surface area contributed by atoms with E-state index in [2.05, 4.69) is 40.4 Å². The quantitative estimate of drug-likeness (QED) is 0.812. The molecule has 0 aliphatic heterocycles. The van der Waals surface area contributed by atoms with Crippen molar-refractivity contribution in [2.75, 3.05) is 18.8 Å². The highest BCUT2D eigenvalue weighted by Gasteiger charge is 2.22. The standard InChI is InChI=1S/C16H26N2O2S/c1-2-18-21(19,20)13-12-17-16-10-8-15(9-11-16)14-6-4-3-5-7-14/h3-7,15-18H,2,8-13H2,1H3. The number of nitrogens with one attached hydrogen (secondary N) is 2. The Kier molecular flexibility index (Phi) is 6.21. The Morgan fingerprint density at radius 2 is 1.76 bits per heavy atom. The first-order chi connectivity index (χ1) is 10.1. The van der Waals surface area contributed by atoms with E-state index in [1.54, 1.807) is 6.92 Å². The summed E-state index contributed by atoms with van der Waals surface area (Å²) in [6, 6.07) is 11.1. The Labute approximate surface area is 128 Å². The topological polar surface area (TPSA) is 58.2 Å². The van der Waals surface area contributed by atoms with E-state index in [9.17, 15) is 8.42 Å². The first kappa shape index (κ1) is 16.5. The van der Waals surface area contributed by atoms with E-state index in [1.165, 1.54) is 18.4 Å². The van der Waals surface area contributed by atoms with Gasteiger partial charge in [0, 0.05) is 19.1 Å². The van der Waals surface area contributed by atoms with Gasteiger partial charge in [0.05, 0.1) is 5.75 Å². The molecule has 1 fully saturated rings. The maximum Gasteiger partial charge on any atom is 0.212 e. The molecule has 1 aliphatic rings. The van der Waals surface area contributed by atoms with Gasteiger partial charge in [-0.25, -0.2) is 13.1 Å². The predicted molar refractivity (Wildman–Crippen MR) is 86.9 cm³/mol. The van der Waals surface area contributed by atoms with Crippen molar-refractivity contribution in [3.63, 3.8) is 0 Å². The summed E-state index contributed by atoms with van der Waals surface area (Å²) in [5.74, 6) is 0.828. The molecule has 0 heterocycles. The lowest BCUT2D eigenvalue weighted by Crippen LogP contribution is -2.38. The molecular weight excluding hydrogens is 284 g/mol. The minimum Gasteiger partial charge on any atom is -0.313 e. The normalized spacial score (nSPS) is 23.1. The van der Waals surface area contributed by atoms with E-state index in [-0.39, 0.29) is 5.75 Å². The van der Waals surface area contributed by atoms with Gasteiger partial charge < -0.3 is 5.32 Å². The fourth-order valence-electron chi connectivity index (χ4n) is 3.05. The minimum atomic E-state index is -3.10. The maximum atomic E-state index is 11.6. The number of hydrogen-bond donors (Lipinski definition) is 2. The van der Waals surface area contributed by atoms with Crippen LogP contribution in [0.5, 0.6) is 0 Å². The molecule has 1 aromatic carbocycles. The lowest BCUT2D eigenvalue weighted by molar-refractivity contribution is 0.348. The second kappa shape index (κ2) is 7.92. The van der Waals surface area contributed by atoms with Crippen LogP contribution in [0.1, 0.15) is 44.1 Å². The fourth-order valence-corrected chi connectivity index (χ4v) is 4.02. The summed E-state index contributed by atoms with van der Waals surface area (Å²) in [4.78, 5) is 0. The minimum absolute atomic E-state index is 0.166. The van der Waals surface area contributed by atoms with Crippen molar-refractivity contribution < 1.29 is 8.42 Å². The summed E-state index contributed by atoms with van der Waals surface area (Å²) in [5.41, 5.74) is 1.44. The second-order valence-corrected chi connectivity index (χ2v) is 7.66. The van der Waals surface area contributed by atoms with Gasteiger partial charge in [-0.05, 0) is 37.2 Å². The Balaban J connectivity index is 1.70. The summed E-state index contributed by atoms with van der Waals surface area (Å²) >= 11 is 0. The summed E-state index contributed by atoms with van der Waals surface area (Å²) in [5, 5.41) is 3.39. The summed E-state index contributed by atoms with van der Waals surface area (Å²) in [7, 11) is -3.10. The highest BCUT2D eigenvalue weighted by Crippen LogP contribution is 2.32. The van der Waals surface area contributed by atoms with Crippen molar-refractivity contribution in [3.05, 3.63) is 35.9 Å². The molecule has 0 unspecified atom stereocenters. The zero-order valence-electron chi connectivity index (χ0n) is 12.7. The molecule has 0 aromatic heterocycles. The van der Waals surface area contributed by atoms with Gasteiger partial charge >= 0.3 is 0 Å². The number of sulfonamides is 1. The molecule has 0 radical (unpaired) electrons. The Morgan fingerprint density at radius 1 is 1.10 bits per heavy atom. The van der Waals surface area contributed by atoms with Crippen molar-refractivity contribution in [2.24, 2.45) is 0 Å². The average Bonchev–Trinajstić information content (AvgIpc) is 2.48. The highest BCUT2D eigenvalue weighted by atomic mass is 32.2. The molecule has 1 aromatic rings. The van der Waals surface area contributed by atoms with E-state index in [0.29, 0.717) is 25.0 Å². The third-order valence-corrected chi connectivity index (χ3v) is 5.64. The molecule has 2 N–H and O–H groups in total. The third-order valence-electron chi connectivity index (χ3n) is 4.17. The average molecular weight is 310 g/mol. The van der Waals surface area contributed by atoms with Crippen LogP contribution in [-0.4, -0.2) is 33.3 Å². The van der Waals surface area contributed by atoms with E-state index < -0.39 is 10.0 Å². The van der Waals surface area contributed by atoms with E-state index in [0.717, 1.165) is 12.8 Å². The van der Waals surface area contributed by atoms with Gasteiger partial charge in [0.25, 0.3) is 0 Å². The molecule has 0 bridgehead atoms. The Morgan fingerprint density at radius 3 is 2.38 bits per heavy atom. The van der Waals surface area contributed by atoms with E-state index >= 15 is 0 Å². The number of rotatable bonds is 7. The first-order valence-electron chi connectivity index (χ1n) is 7.86. The van der Waals surface area contributed by atoms with Crippen LogP contribution in [0.15, 0.2) is 30.3 Å². The number of hydrogen-bond acceptors (Lipinski definition) is 3. The SMILES string of the molecule is CCNS(=O)(=O)CCNC1CCC(c2ccccc2)CC1. The molecule has 21 heavy (non-hydrogen) atoms. The van der Waals surface area contributed by atoms with Crippen LogP contribution >= 0.6 is 0 Å². The van der Waals surface area contributed by atoms with Crippen LogP contribution < -0.4 is 10.0 Å². The zero-order chi connectivity index (χ0) is 15.1. The molecule has 0 atom stereocenters. The van der Waals surface area contributed by atoms with Gasteiger partial charge in [-0.15, -0.1) is 0 Å². The maximum absolute atomic E-state index is 11.6. The van der Waals surface area contributed by atoms with E-state index in [4.69, 9.17) is 0 Å². The van der Waals surface area contributed by atoms with Crippen molar-refractivity contribution >= 4 is 10.0 Å². The van der Waals surface area contributed by atoms with Crippen LogP contribution in [-0.2, 0) is 10.0 Å². The molecule has 5 heteroatoms. The molecule has 4 nitrogen and oxygen atoms in total. The van der Waals surface area contributed by atoms with Gasteiger partial charge in [-0.3, -0.25) is 0 Å². The fraction of sp³-hybridized carbons (Fsp3) is 0.625. The molecule has 1 aliphatic carbocycles. The second-order valence-electron chi connectivity index (χ2n) is 5.73. The third kappa shape index (κ3) is 5.41. The monoisotopic (exact) mass is 310 g/mol. The Bertz CT molecular complexity index is 508. The van der Waals surface area contributed by atoms with Crippen LogP contribution in [0.4, 0.5) is 0 Å². The van der Waals surface area contributed by atoms with Crippen LogP contribution in [0.3, 0.4) is 0 Å². The molecule has 1 saturated carbocycles. The van der Waals surface area contributed by atoms with Gasteiger partial charge in [-0.1, -0.05) is 37.3 Å². The highest BCUT2D eigenvalue weighted by molar-refractivity contribution is 7.89. The molecule has 0 spiro atoms. The van der Waals surface area contributed by atoms with Crippen molar-refractivity contribution in [2.45, 2.75) is 44.6 Å². The molecule has 2 rings (SSSR count). The molecular formula is C16H26N2O2S. The zero-order valence-corrected chi connectivity index (χ0v) is 13.5. The first-order valence-corrected chi connectivity index (χ1v) is 9.51. The summed E-state index contributed by atoms with van der Waals surface area (Å²) in [6.45, 7) is 2.80. The van der Waals surface area contributed by atoms with Gasteiger partial charge in [0.15, 0.2) is 0 Å². The van der Waals surface area contributed by atoms with Gasteiger partial charge in [0.1, 0.15) is 0 Å². The molecule has 118 valence electrons. The van der Waals surface area contributed by atoms with Crippen molar-refractivity contribution in [1.82, 2.24) is 10.0 Å². The van der Waals surface area contributed by atoms with Crippen LogP contribution in [0.2, 0.25) is 0 Å². The van der Waals surface area contributed by atoms with E-state index in [1.807, 2.05) is 0 Å². The summed E-state index contributed by atoms with van der Waals surface area (Å²) in [6.07, 6.45) is 4.62. The largest absolute Gasteiger partial charge is 0.313 e.